The van der Waals surface area contributed by atoms with E-state index in [0.29, 0.717) is 18.8 Å². The van der Waals surface area contributed by atoms with E-state index in [1.807, 2.05) is 0 Å². The molecule has 2 heterocycles. The molecule has 0 saturated heterocycles. The lowest BCUT2D eigenvalue weighted by Gasteiger charge is -2.00. The number of rotatable bonds is 4. The Morgan fingerprint density at radius 3 is 2.75 bits per heavy atom. The van der Waals surface area contributed by atoms with Gasteiger partial charge < -0.3 is 15.4 Å². The first kappa shape index (κ1) is 10.7. The summed E-state index contributed by atoms with van der Waals surface area (Å²) in [6.07, 6.45) is 2.69. The lowest BCUT2D eigenvalue weighted by Crippen LogP contribution is -2.06. The maximum Gasteiger partial charge on any atom is 0.255 e. The van der Waals surface area contributed by atoms with Crippen LogP contribution in [0, 0.1) is 0 Å². The summed E-state index contributed by atoms with van der Waals surface area (Å²) in [4.78, 5) is 11.9. The van der Waals surface area contributed by atoms with Crippen LogP contribution >= 0.6 is 0 Å². The third-order valence-corrected chi connectivity index (χ3v) is 1.93. The molecule has 0 aliphatic heterocycles. The molecule has 84 valence electrons. The maximum absolute atomic E-state index is 9.56. The number of hydrogen-bond acceptors (Lipinski definition) is 7. The zero-order valence-electron chi connectivity index (χ0n) is 8.45. The highest BCUT2D eigenvalue weighted by Crippen LogP contribution is 2.16. The van der Waals surface area contributed by atoms with Gasteiger partial charge in [-0.15, -0.1) is 0 Å². The van der Waals surface area contributed by atoms with Crippen LogP contribution in [0.2, 0.25) is 0 Å². The minimum absolute atomic E-state index is 0.132. The van der Waals surface area contributed by atoms with E-state index < -0.39 is 6.10 Å². The van der Waals surface area contributed by atoms with E-state index in [-0.39, 0.29) is 11.7 Å². The van der Waals surface area contributed by atoms with Crippen molar-refractivity contribution in [3.8, 4) is 11.6 Å². The fourth-order valence-electron chi connectivity index (χ4n) is 1.16. The largest absolute Gasteiger partial charge is 0.383 e. The summed E-state index contributed by atoms with van der Waals surface area (Å²) in [7, 11) is 0. The second-order valence-corrected chi connectivity index (χ2v) is 3.12. The molecule has 0 bridgehead atoms. The zero-order chi connectivity index (χ0) is 11.4. The van der Waals surface area contributed by atoms with Gasteiger partial charge in [0.05, 0.1) is 0 Å². The molecule has 7 heteroatoms. The number of aliphatic hydroxyl groups is 1. The summed E-state index contributed by atoms with van der Waals surface area (Å²) in [6, 6.07) is 1.69. The molecule has 0 aliphatic rings. The normalized spacial score (nSPS) is 12.6. The molecule has 2 rings (SSSR count). The van der Waals surface area contributed by atoms with Crippen molar-refractivity contribution in [2.45, 2.75) is 12.5 Å². The molecule has 2 aromatic rings. The molecular weight excluding hydrogens is 210 g/mol. The highest BCUT2D eigenvalue weighted by Gasteiger charge is 2.16. The van der Waals surface area contributed by atoms with E-state index in [9.17, 15) is 5.11 Å². The zero-order valence-corrected chi connectivity index (χ0v) is 8.45. The highest BCUT2D eigenvalue weighted by molar-refractivity contribution is 5.40. The number of hydrogen-bond donors (Lipinski definition) is 2. The molecule has 0 amide bonds. The van der Waals surface area contributed by atoms with Crippen molar-refractivity contribution >= 4 is 0 Å². The van der Waals surface area contributed by atoms with Gasteiger partial charge in [0.25, 0.3) is 5.89 Å². The van der Waals surface area contributed by atoms with E-state index in [1.165, 1.54) is 0 Å². The van der Waals surface area contributed by atoms with E-state index in [1.54, 1.807) is 18.5 Å². The molecule has 1 unspecified atom stereocenters. The predicted octanol–water partition coefficient (Wildman–Crippen LogP) is -0.0912. The van der Waals surface area contributed by atoms with Crippen LogP contribution in [0.15, 0.2) is 23.0 Å². The van der Waals surface area contributed by atoms with Crippen LogP contribution in [0.25, 0.3) is 11.6 Å². The second-order valence-electron chi connectivity index (χ2n) is 3.12. The average Bonchev–Trinajstić information content (AvgIpc) is 2.80. The molecule has 0 fully saturated rings. The van der Waals surface area contributed by atoms with Crippen LogP contribution in [0.3, 0.4) is 0 Å². The molecule has 0 spiro atoms. The molecular formula is C9H11N5O2. The summed E-state index contributed by atoms with van der Waals surface area (Å²) < 4.78 is 4.89. The Labute approximate surface area is 91.3 Å². The monoisotopic (exact) mass is 221 g/mol. The van der Waals surface area contributed by atoms with Crippen molar-refractivity contribution in [3.05, 3.63) is 24.4 Å². The van der Waals surface area contributed by atoms with E-state index in [2.05, 4.69) is 20.1 Å². The van der Waals surface area contributed by atoms with Gasteiger partial charge >= 0.3 is 0 Å². The highest BCUT2D eigenvalue weighted by atomic mass is 16.5. The molecule has 0 radical (unpaired) electrons. The Morgan fingerprint density at radius 2 is 2.06 bits per heavy atom. The number of nitrogens with zero attached hydrogens (tertiary/aromatic N) is 4. The molecule has 0 aromatic carbocycles. The summed E-state index contributed by atoms with van der Waals surface area (Å²) in [6.45, 7) is 0.348. The Hall–Kier alpha value is -1.86. The fraction of sp³-hybridized carbons (Fsp3) is 0.333. The average molecular weight is 221 g/mol. The Balaban J connectivity index is 2.20. The van der Waals surface area contributed by atoms with Crippen molar-refractivity contribution in [2.75, 3.05) is 6.54 Å². The number of nitrogens with two attached hydrogens (primary N) is 1. The van der Waals surface area contributed by atoms with Crippen molar-refractivity contribution < 1.29 is 9.63 Å². The molecule has 1 atom stereocenters. The van der Waals surface area contributed by atoms with Gasteiger partial charge in [-0.05, 0) is 19.0 Å². The maximum atomic E-state index is 9.56. The third-order valence-electron chi connectivity index (χ3n) is 1.93. The standard InChI is InChI=1S/C9H11N5O2/c10-3-2-6(15)9-13-8(14-16-9)7-11-4-1-5-12-7/h1,4-6,15H,2-3,10H2. The van der Waals surface area contributed by atoms with Crippen molar-refractivity contribution in [3.63, 3.8) is 0 Å². The van der Waals surface area contributed by atoms with Gasteiger partial charge in [0.1, 0.15) is 6.10 Å². The van der Waals surface area contributed by atoms with Gasteiger partial charge in [-0.1, -0.05) is 5.16 Å². The summed E-state index contributed by atoms with van der Waals surface area (Å²) >= 11 is 0. The van der Waals surface area contributed by atoms with Crippen LogP contribution in [0.5, 0.6) is 0 Å². The van der Waals surface area contributed by atoms with Gasteiger partial charge in [-0.25, -0.2) is 9.97 Å². The topological polar surface area (TPSA) is 111 Å². The smallest absolute Gasteiger partial charge is 0.255 e. The Morgan fingerprint density at radius 1 is 1.31 bits per heavy atom. The van der Waals surface area contributed by atoms with Gasteiger partial charge in [0.2, 0.25) is 11.6 Å². The van der Waals surface area contributed by atoms with Gasteiger partial charge in [-0.3, -0.25) is 0 Å². The van der Waals surface area contributed by atoms with E-state index in [0.717, 1.165) is 0 Å². The van der Waals surface area contributed by atoms with E-state index in [4.69, 9.17) is 10.3 Å². The molecule has 7 nitrogen and oxygen atoms in total. The quantitative estimate of drug-likeness (QED) is 0.741. The lowest BCUT2D eigenvalue weighted by atomic mass is 10.2. The molecule has 16 heavy (non-hydrogen) atoms. The van der Waals surface area contributed by atoms with Crippen molar-refractivity contribution in [1.82, 2.24) is 20.1 Å². The fourth-order valence-corrected chi connectivity index (χ4v) is 1.16. The van der Waals surface area contributed by atoms with Crippen LogP contribution in [0.4, 0.5) is 0 Å². The first-order chi connectivity index (χ1) is 7.81. The number of aromatic nitrogens is 4. The third kappa shape index (κ3) is 2.20. The van der Waals surface area contributed by atoms with E-state index >= 15 is 0 Å². The van der Waals surface area contributed by atoms with Crippen LogP contribution in [-0.4, -0.2) is 31.8 Å². The first-order valence-corrected chi connectivity index (χ1v) is 4.80. The summed E-state index contributed by atoms with van der Waals surface area (Å²) in [5.41, 5.74) is 5.31. The Kier molecular flexibility index (Phi) is 3.18. The van der Waals surface area contributed by atoms with Gasteiger partial charge in [0.15, 0.2) is 0 Å². The van der Waals surface area contributed by atoms with Crippen LogP contribution < -0.4 is 5.73 Å². The Bertz CT molecular complexity index is 444. The molecule has 3 N–H and O–H groups in total. The second kappa shape index (κ2) is 4.77. The minimum atomic E-state index is -0.838. The minimum Gasteiger partial charge on any atom is -0.383 e. The van der Waals surface area contributed by atoms with Gasteiger partial charge in [0, 0.05) is 12.4 Å². The summed E-state index contributed by atoms with van der Waals surface area (Å²) in [5.74, 6) is 0.747. The van der Waals surface area contributed by atoms with Crippen LogP contribution in [-0.2, 0) is 0 Å². The molecule has 2 aromatic heterocycles. The van der Waals surface area contributed by atoms with Crippen molar-refractivity contribution in [2.24, 2.45) is 5.73 Å². The first-order valence-electron chi connectivity index (χ1n) is 4.80. The number of aliphatic hydroxyl groups excluding tert-OH is 1. The lowest BCUT2D eigenvalue weighted by molar-refractivity contribution is 0.127. The molecule has 0 aliphatic carbocycles. The van der Waals surface area contributed by atoms with Crippen molar-refractivity contribution in [1.29, 1.82) is 0 Å². The predicted molar refractivity (Wildman–Crippen MR) is 54.0 cm³/mol. The van der Waals surface area contributed by atoms with Crippen LogP contribution in [0.1, 0.15) is 18.4 Å². The van der Waals surface area contributed by atoms with Gasteiger partial charge in [-0.2, -0.15) is 4.98 Å². The SMILES string of the molecule is NCCC(O)c1nc(-c2ncccn2)no1. The summed E-state index contributed by atoms with van der Waals surface area (Å²) in [5, 5.41) is 13.2. The molecule has 0 saturated carbocycles.